The smallest absolute Gasteiger partial charge is 0.294 e. The van der Waals surface area contributed by atoms with Gasteiger partial charge in [0.25, 0.3) is 11.6 Å². The van der Waals surface area contributed by atoms with Gasteiger partial charge in [0, 0.05) is 31.3 Å². The standard InChI is InChI=1S/C13H16ClN3O4/c1-2-15-12-10(14)7-9(8-11(12)17(19)20)13(18)16-3-5-21-6-4-16/h7-8,15H,2-6H2,1H3. The number of halogens is 1. The molecule has 1 aromatic rings. The normalized spacial score (nSPS) is 14.9. The van der Waals surface area contributed by atoms with Gasteiger partial charge in [-0.2, -0.15) is 0 Å². The summed E-state index contributed by atoms with van der Waals surface area (Å²) in [7, 11) is 0. The van der Waals surface area contributed by atoms with Crippen LogP contribution in [0, 0.1) is 10.1 Å². The molecule has 7 nitrogen and oxygen atoms in total. The zero-order valence-corrected chi connectivity index (χ0v) is 12.4. The van der Waals surface area contributed by atoms with Crippen LogP contribution < -0.4 is 5.32 Å². The van der Waals surface area contributed by atoms with Gasteiger partial charge in [-0.3, -0.25) is 14.9 Å². The Bertz CT molecular complexity index is 559. The van der Waals surface area contributed by atoms with Crippen molar-refractivity contribution in [3.05, 3.63) is 32.8 Å². The predicted octanol–water partition coefficient (Wildman–Crippen LogP) is 2.15. The number of morpholine rings is 1. The maximum absolute atomic E-state index is 12.4. The Balaban J connectivity index is 2.36. The second-order valence-electron chi connectivity index (χ2n) is 4.54. The molecule has 1 aliphatic rings. The largest absolute Gasteiger partial charge is 0.379 e. The molecule has 1 heterocycles. The molecular weight excluding hydrogens is 298 g/mol. The van der Waals surface area contributed by atoms with Gasteiger partial charge in [0.15, 0.2) is 0 Å². The van der Waals surface area contributed by atoms with Crippen LogP contribution in [0.1, 0.15) is 17.3 Å². The lowest BCUT2D eigenvalue weighted by Gasteiger charge is -2.27. The fourth-order valence-corrected chi connectivity index (χ4v) is 2.44. The second kappa shape index (κ2) is 6.73. The molecule has 1 saturated heterocycles. The Morgan fingerprint density at radius 2 is 2.14 bits per heavy atom. The number of carbonyl (C=O) groups excluding carboxylic acids is 1. The maximum atomic E-state index is 12.4. The number of carbonyl (C=O) groups is 1. The van der Waals surface area contributed by atoms with Crippen LogP contribution in [0.25, 0.3) is 0 Å². The quantitative estimate of drug-likeness (QED) is 0.680. The second-order valence-corrected chi connectivity index (χ2v) is 4.95. The average molecular weight is 314 g/mol. The molecule has 2 rings (SSSR count). The summed E-state index contributed by atoms with van der Waals surface area (Å²) < 4.78 is 5.18. The van der Waals surface area contributed by atoms with Crippen molar-refractivity contribution < 1.29 is 14.5 Å². The van der Waals surface area contributed by atoms with E-state index in [0.717, 1.165) is 0 Å². The van der Waals surface area contributed by atoms with Crippen molar-refractivity contribution in [3.8, 4) is 0 Å². The number of rotatable bonds is 4. The van der Waals surface area contributed by atoms with E-state index < -0.39 is 4.92 Å². The summed E-state index contributed by atoms with van der Waals surface area (Å²) in [6, 6.07) is 2.73. The molecule has 0 bridgehead atoms. The van der Waals surface area contributed by atoms with E-state index >= 15 is 0 Å². The fraction of sp³-hybridized carbons (Fsp3) is 0.462. The molecule has 1 aliphatic heterocycles. The number of hydrogen-bond acceptors (Lipinski definition) is 5. The van der Waals surface area contributed by atoms with Crippen LogP contribution in [0.4, 0.5) is 11.4 Å². The number of benzene rings is 1. The van der Waals surface area contributed by atoms with Crippen LogP contribution in [-0.2, 0) is 4.74 Å². The lowest BCUT2D eigenvalue weighted by atomic mass is 10.1. The zero-order valence-electron chi connectivity index (χ0n) is 11.6. The Morgan fingerprint density at radius 1 is 1.48 bits per heavy atom. The number of amides is 1. The van der Waals surface area contributed by atoms with E-state index in [-0.39, 0.29) is 27.9 Å². The molecule has 1 amide bonds. The molecule has 0 unspecified atom stereocenters. The molecule has 0 spiro atoms. The molecule has 114 valence electrons. The number of nitro benzene ring substituents is 1. The Labute approximate surface area is 127 Å². The molecule has 1 N–H and O–H groups in total. The minimum atomic E-state index is -0.542. The molecule has 21 heavy (non-hydrogen) atoms. The van der Waals surface area contributed by atoms with Gasteiger partial charge in [0.05, 0.1) is 23.2 Å². The molecule has 0 aliphatic carbocycles. The van der Waals surface area contributed by atoms with Gasteiger partial charge in [-0.05, 0) is 13.0 Å². The van der Waals surface area contributed by atoms with Crippen LogP contribution in [0.3, 0.4) is 0 Å². The summed E-state index contributed by atoms with van der Waals surface area (Å²) in [4.78, 5) is 24.6. The minimum Gasteiger partial charge on any atom is -0.379 e. The minimum absolute atomic E-state index is 0.169. The van der Waals surface area contributed by atoms with Crippen molar-refractivity contribution in [2.75, 3.05) is 38.2 Å². The number of nitrogens with one attached hydrogen (secondary N) is 1. The first kappa shape index (κ1) is 15.5. The number of hydrogen-bond donors (Lipinski definition) is 1. The highest BCUT2D eigenvalue weighted by atomic mass is 35.5. The first-order valence-electron chi connectivity index (χ1n) is 6.63. The monoisotopic (exact) mass is 313 g/mol. The van der Waals surface area contributed by atoms with Crippen molar-refractivity contribution in [1.82, 2.24) is 4.90 Å². The number of ether oxygens (including phenoxy) is 1. The van der Waals surface area contributed by atoms with Crippen molar-refractivity contribution >= 4 is 28.9 Å². The maximum Gasteiger partial charge on any atom is 0.294 e. The molecule has 0 atom stereocenters. The molecule has 1 fully saturated rings. The van der Waals surface area contributed by atoms with Gasteiger partial charge in [0.1, 0.15) is 5.69 Å². The summed E-state index contributed by atoms with van der Waals surface area (Å²) in [6.07, 6.45) is 0. The lowest BCUT2D eigenvalue weighted by molar-refractivity contribution is -0.384. The highest BCUT2D eigenvalue weighted by Gasteiger charge is 2.24. The third-order valence-electron chi connectivity index (χ3n) is 3.16. The van der Waals surface area contributed by atoms with Crippen molar-refractivity contribution in [1.29, 1.82) is 0 Å². The van der Waals surface area contributed by atoms with Crippen LogP contribution >= 0.6 is 11.6 Å². The highest BCUT2D eigenvalue weighted by molar-refractivity contribution is 6.34. The number of nitro groups is 1. The Morgan fingerprint density at radius 3 is 2.71 bits per heavy atom. The highest BCUT2D eigenvalue weighted by Crippen LogP contribution is 2.34. The fourth-order valence-electron chi connectivity index (χ4n) is 2.16. The lowest BCUT2D eigenvalue weighted by Crippen LogP contribution is -2.40. The Kier molecular flexibility index (Phi) is 4.98. The Hall–Kier alpha value is -1.86. The molecule has 8 heteroatoms. The summed E-state index contributed by atoms with van der Waals surface area (Å²) in [6.45, 7) is 4.19. The van der Waals surface area contributed by atoms with Crippen LogP contribution in [0.2, 0.25) is 5.02 Å². The molecular formula is C13H16ClN3O4. The summed E-state index contributed by atoms with van der Waals surface area (Å²) in [5.74, 6) is -0.272. The zero-order chi connectivity index (χ0) is 15.4. The van der Waals surface area contributed by atoms with Crippen LogP contribution in [0.15, 0.2) is 12.1 Å². The van der Waals surface area contributed by atoms with Gasteiger partial charge in [-0.1, -0.05) is 11.6 Å². The van der Waals surface area contributed by atoms with E-state index in [1.54, 1.807) is 4.90 Å². The van der Waals surface area contributed by atoms with E-state index in [1.807, 2.05) is 6.92 Å². The summed E-state index contributed by atoms with van der Waals surface area (Å²) in [5, 5.41) is 14.2. The first-order chi connectivity index (χ1) is 10.0. The number of nitrogens with zero attached hydrogens (tertiary/aromatic N) is 2. The van der Waals surface area contributed by atoms with Gasteiger partial charge in [0.2, 0.25) is 0 Å². The summed E-state index contributed by atoms with van der Waals surface area (Å²) >= 11 is 6.08. The van der Waals surface area contributed by atoms with Crippen LogP contribution in [0.5, 0.6) is 0 Å². The summed E-state index contributed by atoms with van der Waals surface area (Å²) in [5.41, 5.74) is 0.263. The predicted molar refractivity (Wildman–Crippen MR) is 79.0 cm³/mol. The van der Waals surface area contributed by atoms with E-state index in [0.29, 0.717) is 32.8 Å². The molecule has 0 radical (unpaired) electrons. The van der Waals surface area contributed by atoms with E-state index in [1.165, 1.54) is 12.1 Å². The van der Waals surface area contributed by atoms with Gasteiger partial charge in [-0.25, -0.2) is 0 Å². The SMILES string of the molecule is CCNc1c(Cl)cc(C(=O)N2CCOCC2)cc1[N+](=O)[O-]. The average Bonchev–Trinajstić information content (AvgIpc) is 2.49. The van der Waals surface area contributed by atoms with Gasteiger partial charge >= 0.3 is 0 Å². The third-order valence-corrected chi connectivity index (χ3v) is 3.46. The van der Waals surface area contributed by atoms with Gasteiger partial charge < -0.3 is 15.0 Å². The molecule has 1 aromatic carbocycles. The van der Waals surface area contributed by atoms with E-state index in [4.69, 9.17) is 16.3 Å². The van der Waals surface area contributed by atoms with Crippen LogP contribution in [-0.4, -0.2) is 48.6 Å². The van der Waals surface area contributed by atoms with E-state index in [9.17, 15) is 14.9 Å². The van der Waals surface area contributed by atoms with Crippen molar-refractivity contribution in [3.63, 3.8) is 0 Å². The van der Waals surface area contributed by atoms with Crippen molar-refractivity contribution in [2.45, 2.75) is 6.92 Å². The topological polar surface area (TPSA) is 84.7 Å². The van der Waals surface area contributed by atoms with E-state index in [2.05, 4.69) is 5.32 Å². The molecule has 0 aromatic heterocycles. The van der Waals surface area contributed by atoms with Gasteiger partial charge in [-0.15, -0.1) is 0 Å². The first-order valence-corrected chi connectivity index (χ1v) is 7.01. The third kappa shape index (κ3) is 3.43. The molecule has 0 saturated carbocycles. The van der Waals surface area contributed by atoms with Crippen molar-refractivity contribution in [2.24, 2.45) is 0 Å². The number of anilines is 1.